The Balaban J connectivity index is 2.33. The highest BCUT2D eigenvalue weighted by Crippen LogP contribution is 2.37. The lowest BCUT2D eigenvalue weighted by Crippen LogP contribution is -2.08. The smallest absolute Gasteiger partial charge is 0.134 e. The highest BCUT2D eigenvalue weighted by Gasteiger charge is 2.16. The minimum absolute atomic E-state index is 0.591. The Morgan fingerprint density at radius 2 is 0.725 bits per heavy atom. The molecule has 0 unspecified atom stereocenters. The summed E-state index contributed by atoms with van der Waals surface area (Å²) >= 11 is 7.44. The van der Waals surface area contributed by atoms with E-state index in [4.69, 9.17) is 18.9 Å². The maximum absolute atomic E-state index is 6.31. The summed E-state index contributed by atoms with van der Waals surface area (Å²) in [6, 6.07) is 8.44. The number of benzene rings is 2. The Kier molecular flexibility index (Phi) is 15.8. The molecule has 0 aliphatic rings. The summed E-state index contributed by atoms with van der Waals surface area (Å²) in [5, 5.41) is 0. The van der Waals surface area contributed by atoms with Crippen LogP contribution in [0.1, 0.15) is 92.2 Å². The molecule has 0 saturated heterocycles. The molecule has 6 heteroatoms. The van der Waals surface area contributed by atoms with E-state index in [0.29, 0.717) is 50.1 Å². The first-order chi connectivity index (χ1) is 19.0. The van der Waals surface area contributed by atoms with Gasteiger partial charge in [-0.1, -0.05) is 55.4 Å². The Morgan fingerprint density at radius 3 is 1.00 bits per heavy atom. The van der Waals surface area contributed by atoms with Crippen LogP contribution < -0.4 is 18.9 Å². The lowest BCUT2D eigenvalue weighted by atomic mass is 10.0. The Bertz CT molecular complexity index is 936. The highest BCUT2D eigenvalue weighted by molar-refractivity contribution is 9.10. The lowest BCUT2D eigenvalue weighted by molar-refractivity contribution is 0.277. The SMILES string of the molecule is CC(C)CCOc1cc(CCc2cc(OCCC(C)C)c(Br)cc2OCCC(C)C)c(OCCC(C)C)cc1Br. The van der Waals surface area contributed by atoms with Crippen LogP contribution in [0.3, 0.4) is 0 Å². The van der Waals surface area contributed by atoms with Gasteiger partial charge in [0, 0.05) is 0 Å². The molecule has 0 aromatic heterocycles. The molecule has 0 spiro atoms. The van der Waals surface area contributed by atoms with Crippen molar-refractivity contribution < 1.29 is 18.9 Å². The summed E-state index contributed by atoms with van der Waals surface area (Å²) in [4.78, 5) is 0. The van der Waals surface area contributed by atoms with Crippen molar-refractivity contribution in [2.75, 3.05) is 26.4 Å². The topological polar surface area (TPSA) is 36.9 Å². The van der Waals surface area contributed by atoms with Crippen LogP contribution in [0.4, 0.5) is 0 Å². The number of ether oxygens (including phenoxy) is 4. The molecule has 0 saturated carbocycles. The molecule has 226 valence electrons. The fourth-order valence-electron chi connectivity index (χ4n) is 3.92. The minimum Gasteiger partial charge on any atom is -0.493 e. The molecule has 0 N–H and O–H groups in total. The van der Waals surface area contributed by atoms with Crippen LogP contribution >= 0.6 is 31.9 Å². The van der Waals surface area contributed by atoms with Crippen LogP contribution in [-0.4, -0.2) is 26.4 Å². The molecule has 0 fully saturated rings. The number of hydrogen-bond donors (Lipinski definition) is 0. The number of halogens is 2. The van der Waals surface area contributed by atoms with Gasteiger partial charge in [0.05, 0.1) is 35.4 Å². The third kappa shape index (κ3) is 13.1. The van der Waals surface area contributed by atoms with Gasteiger partial charge in [-0.2, -0.15) is 0 Å². The van der Waals surface area contributed by atoms with E-state index in [1.54, 1.807) is 0 Å². The summed E-state index contributed by atoms with van der Waals surface area (Å²) < 4.78 is 26.8. The molecule has 0 aliphatic heterocycles. The van der Waals surface area contributed by atoms with Crippen LogP contribution in [-0.2, 0) is 12.8 Å². The van der Waals surface area contributed by atoms with E-state index in [1.807, 2.05) is 0 Å². The Hall–Kier alpha value is -1.40. The quantitative estimate of drug-likeness (QED) is 0.148. The first-order valence-electron chi connectivity index (χ1n) is 15.1. The monoisotopic (exact) mass is 682 g/mol. The van der Waals surface area contributed by atoms with Crippen molar-refractivity contribution in [1.82, 2.24) is 0 Å². The van der Waals surface area contributed by atoms with Gasteiger partial charge in [-0.05, 0) is 129 Å². The van der Waals surface area contributed by atoms with Gasteiger partial charge in [-0.3, -0.25) is 0 Å². The van der Waals surface area contributed by atoms with E-state index in [9.17, 15) is 0 Å². The molecule has 0 aliphatic carbocycles. The van der Waals surface area contributed by atoms with Crippen molar-refractivity contribution in [2.45, 2.75) is 93.9 Å². The second kappa shape index (κ2) is 18.2. The van der Waals surface area contributed by atoms with E-state index in [-0.39, 0.29) is 0 Å². The van der Waals surface area contributed by atoms with Crippen LogP contribution in [0.5, 0.6) is 23.0 Å². The van der Waals surface area contributed by atoms with Crippen LogP contribution in [0.2, 0.25) is 0 Å². The van der Waals surface area contributed by atoms with Gasteiger partial charge >= 0.3 is 0 Å². The summed E-state index contributed by atoms with van der Waals surface area (Å²) in [6.07, 6.45) is 5.67. The molecule has 4 nitrogen and oxygen atoms in total. The zero-order valence-corrected chi connectivity index (χ0v) is 29.3. The lowest BCUT2D eigenvalue weighted by Gasteiger charge is -2.19. The van der Waals surface area contributed by atoms with Crippen molar-refractivity contribution in [3.63, 3.8) is 0 Å². The molecule has 0 bridgehead atoms. The predicted molar refractivity (Wildman–Crippen MR) is 175 cm³/mol. The second-order valence-corrected chi connectivity index (χ2v) is 14.1. The van der Waals surface area contributed by atoms with Crippen LogP contribution in [0.25, 0.3) is 0 Å². The predicted octanol–water partition coefficient (Wildman–Crippen LogP) is 10.7. The fraction of sp³-hybridized carbons (Fsp3) is 0.647. The van der Waals surface area contributed by atoms with Gasteiger partial charge in [0.15, 0.2) is 0 Å². The van der Waals surface area contributed by atoms with Crippen molar-refractivity contribution in [1.29, 1.82) is 0 Å². The molecule has 2 rings (SSSR count). The average molecular weight is 685 g/mol. The second-order valence-electron chi connectivity index (χ2n) is 12.4. The zero-order chi connectivity index (χ0) is 29.7. The van der Waals surface area contributed by atoms with Gasteiger partial charge in [0.2, 0.25) is 0 Å². The summed E-state index contributed by atoms with van der Waals surface area (Å²) in [5.41, 5.74) is 2.29. The third-order valence-electron chi connectivity index (χ3n) is 6.70. The first kappa shape index (κ1) is 34.8. The van der Waals surface area contributed by atoms with Gasteiger partial charge < -0.3 is 18.9 Å². The van der Waals surface area contributed by atoms with E-state index < -0.39 is 0 Å². The minimum atomic E-state index is 0.591. The van der Waals surface area contributed by atoms with Gasteiger partial charge in [-0.25, -0.2) is 0 Å². The molecule has 0 atom stereocenters. The standard InChI is InChI=1S/C34H52Br2O4/c1-23(2)11-15-37-31-21-29(35)33(39-17-13-25(5)6)19-27(31)9-10-28-20-34(40-18-14-26(7)8)30(36)22-32(28)38-16-12-24(3)4/h19-26H,9-18H2,1-8H3. The highest BCUT2D eigenvalue weighted by atomic mass is 79.9. The van der Waals surface area contributed by atoms with Crippen LogP contribution in [0.15, 0.2) is 33.2 Å². The fourth-order valence-corrected chi connectivity index (χ4v) is 4.80. The molecule has 2 aromatic carbocycles. The van der Waals surface area contributed by atoms with E-state index in [1.165, 1.54) is 0 Å². The van der Waals surface area contributed by atoms with E-state index >= 15 is 0 Å². The Morgan fingerprint density at radius 1 is 0.450 bits per heavy atom. The maximum Gasteiger partial charge on any atom is 0.134 e. The normalized spacial score (nSPS) is 11.7. The summed E-state index contributed by atoms with van der Waals surface area (Å²) in [7, 11) is 0. The van der Waals surface area contributed by atoms with Gasteiger partial charge in [0.25, 0.3) is 0 Å². The molecular weight excluding hydrogens is 632 g/mol. The molecule has 0 amide bonds. The van der Waals surface area contributed by atoms with E-state index in [0.717, 1.165) is 81.6 Å². The Labute approximate surface area is 261 Å². The summed E-state index contributed by atoms with van der Waals surface area (Å²) in [6.45, 7) is 20.5. The zero-order valence-electron chi connectivity index (χ0n) is 26.1. The number of aryl methyl sites for hydroxylation is 2. The van der Waals surface area contributed by atoms with Crippen molar-refractivity contribution in [3.05, 3.63) is 44.3 Å². The molecular formula is C34H52Br2O4. The van der Waals surface area contributed by atoms with Gasteiger partial charge in [-0.15, -0.1) is 0 Å². The van der Waals surface area contributed by atoms with Gasteiger partial charge in [0.1, 0.15) is 23.0 Å². The number of rotatable bonds is 19. The van der Waals surface area contributed by atoms with Crippen molar-refractivity contribution >= 4 is 31.9 Å². The first-order valence-corrected chi connectivity index (χ1v) is 16.7. The van der Waals surface area contributed by atoms with E-state index in [2.05, 4.69) is 112 Å². The van der Waals surface area contributed by atoms with Crippen LogP contribution in [0, 0.1) is 23.7 Å². The molecule has 2 aromatic rings. The molecule has 0 heterocycles. The maximum atomic E-state index is 6.31. The number of hydrogen-bond acceptors (Lipinski definition) is 4. The largest absolute Gasteiger partial charge is 0.493 e. The average Bonchev–Trinajstić information content (AvgIpc) is 2.85. The van der Waals surface area contributed by atoms with Crippen molar-refractivity contribution in [2.24, 2.45) is 23.7 Å². The summed E-state index contributed by atoms with van der Waals surface area (Å²) in [5.74, 6) is 5.94. The third-order valence-corrected chi connectivity index (χ3v) is 7.94. The molecule has 0 radical (unpaired) electrons. The molecule has 40 heavy (non-hydrogen) atoms. The van der Waals surface area contributed by atoms with Crippen molar-refractivity contribution in [3.8, 4) is 23.0 Å².